The van der Waals surface area contributed by atoms with Crippen LogP contribution in [0.1, 0.15) is 66.2 Å². The highest BCUT2D eigenvalue weighted by atomic mass is 16.5. The fourth-order valence-electron chi connectivity index (χ4n) is 2.76. The molecule has 0 aliphatic heterocycles. The average molecular weight is 299 g/mol. The van der Waals surface area contributed by atoms with E-state index in [9.17, 15) is 4.79 Å². The molecule has 1 fully saturated rings. The van der Waals surface area contributed by atoms with Gasteiger partial charge in [-0.15, -0.1) is 0 Å². The van der Waals surface area contributed by atoms with Crippen molar-refractivity contribution in [1.29, 1.82) is 0 Å². The largest absolute Gasteiger partial charge is 0.465 e. The van der Waals surface area contributed by atoms with Gasteiger partial charge in [-0.3, -0.25) is 4.79 Å². The number of hydrogen-bond donors (Lipinski definition) is 1. The summed E-state index contributed by atoms with van der Waals surface area (Å²) in [5.41, 5.74) is 0.468. The van der Waals surface area contributed by atoms with E-state index in [1.807, 2.05) is 6.92 Å². The Morgan fingerprint density at radius 3 is 2.52 bits per heavy atom. The first-order chi connectivity index (χ1) is 9.98. The van der Waals surface area contributed by atoms with E-state index in [0.717, 1.165) is 25.8 Å². The second-order valence-electron chi connectivity index (χ2n) is 6.78. The molecule has 1 unspecified atom stereocenters. The van der Waals surface area contributed by atoms with Crippen LogP contribution in [-0.4, -0.2) is 37.9 Å². The summed E-state index contributed by atoms with van der Waals surface area (Å²) in [6, 6.07) is -0.232. The zero-order chi connectivity index (χ0) is 15.7. The fourth-order valence-corrected chi connectivity index (χ4v) is 2.76. The normalized spacial score (nSPS) is 20.2. The Kier molecular flexibility index (Phi) is 8.27. The molecular formula is C17H33NO3. The summed E-state index contributed by atoms with van der Waals surface area (Å²) < 4.78 is 11.1. The molecule has 4 nitrogen and oxygen atoms in total. The summed E-state index contributed by atoms with van der Waals surface area (Å²) in [6.45, 7) is 10.5. The lowest BCUT2D eigenvalue weighted by atomic mass is 9.76. The van der Waals surface area contributed by atoms with E-state index in [0.29, 0.717) is 31.2 Å². The lowest BCUT2D eigenvalue weighted by Gasteiger charge is -2.34. The van der Waals surface area contributed by atoms with E-state index in [-0.39, 0.29) is 12.0 Å². The van der Waals surface area contributed by atoms with Gasteiger partial charge in [0.15, 0.2) is 0 Å². The van der Waals surface area contributed by atoms with E-state index in [1.54, 1.807) is 0 Å². The maximum Gasteiger partial charge on any atom is 0.323 e. The van der Waals surface area contributed by atoms with Crippen molar-refractivity contribution in [1.82, 2.24) is 5.32 Å². The van der Waals surface area contributed by atoms with Gasteiger partial charge in [0.05, 0.1) is 12.7 Å². The molecule has 124 valence electrons. The topological polar surface area (TPSA) is 47.6 Å². The third-order valence-electron chi connectivity index (χ3n) is 4.26. The molecule has 1 aliphatic carbocycles. The Morgan fingerprint density at radius 1 is 1.29 bits per heavy atom. The van der Waals surface area contributed by atoms with Gasteiger partial charge in [-0.05, 0) is 57.4 Å². The van der Waals surface area contributed by atoms with Crippen LogP contribution in [0.3, 0.4) is 0 Å². The first kappa shape index (κ1) is 18.4. The van der Waals surface area contributed by atoms with Crippen LogP contribution >= 0.6 is 0 Å². The highest BCUT2D eigenvalue weighted by molar-refractivity contribution is 5.75. The summed E-state index contributed by atoms with van der Waals surface area (Å²) >= 11 is 0. The van der Waals surface area contributed by atoms with Gasteiger partial charge < -0.3 is 14.8 Å². The van der Waals surface area contributed by atoms with Crippen molar-refractivity contribution in [2.45, 2.75) is 78.4 Å². The number of rotatable bonds is 9. The van der Waals surface area contributed by atoms with Gasteiger partial charge >= 0.3 is 5.97 Å². The second kappa shape index (κ2) is 9.42. The van der Waals surface area contributed by atoms with E-state index in [4.69, 9.17) is 9.47 Å². The minimum absolute atomic E-state index is 0.153. The standard InChI is InChI=1S/C17H33NO3/c1-5-12-18-15(16(19)20-6-2)9-13-21-14-7-10-17(3,4)11-8-14/h14-15,18H,5-13H2,1-4H3. The summed E-state index contributed by atoms with van der Waals surface area (Å²) in [5, 5.41) is 3.25. The smallest absolute Gasteiger partial charge is 0.323 e. The number of ether oxygens (including phenoxy) is 2. The Morgan fingerprint density at radius 2 is 1.95 bits per heavy atom. The molecule has 0 saturated heterocycles. The van der Waals surface area contributed by atoms with Crippen LogP contribution in [0.4, 0.5) is 0 Å². The number of nitrogens with one attached hydrogen (secondary N) is 1. The first-order valence-corrected chi connectivity index (χ1v) is 8.50. The Balaban J connectivity index is 2.27. The van der Waals surface area contributed by atoms with Crippen LogP contribution in [0.5, 0.6) is 0 Å². The van der Waals surface area contributed by atoms with Crippen LogP contribution in [0, 0.1) is 5.41 Å². The molecule has 0 aromatic heterocycles. The monoisotopic (exact) mass is 299 g/mol. The van der Waals surface area contributed by atoms with Gasteiger partial charge in [-0.2, -0.15) is 0 Å². The molecular weight excluding hydrogens is 266 g/mol. The SMILES string of the molecule is CCCNC(CCOC1CCC(C)(C)CC1)C(=O)OCC. The number of carbonyl (C=O) groups excluding carboxylic acids is 1. The van der Waals surface area contributed by atoms with Crippen LogP contribution in [0.25, 0.3) is 0 Å². The maximum atomic E-state index is 11.9. The van der Waals surface area contributed by atoms with Crippen molar-refractivity contribution in [3.8, 4) is 0 Å². The van der Waals surface area contributed by atoms with Gasteiger partial charge in [-0.1, -0.05) is 20.8 Å². The molecule has 1 N–H and O–H groups in total. The van der Waals surface area contributed by atoms with Crippen LogP contribution in [0.2, 0.25) is 0 Å². The molecule has 0 bridgehead atoms. The van der Waals surface area contributed by atoms with Gasteiger partial charge in [0.25, 0.3) is 0 Å². The van der Waals surface area contributed by atoms with Crippen molar-refractivity contribution in [2.75, 3.05) is 19.8 Å². The zero-order valence-corrected chi connectivity index (χ0v) is 14.2. The summed E-state index contributed by atoms with van der Waals surface area (Å²) in [6.07, 6.45) is 6.80. The lowest BCUT2D eigenvalue weighted by molar-refractivity contribution is -0.146. The molecule has 4 heteroatoms. The van der Waals surface area contributed by atoms with Gasteiger partial charge in [0, 0.05) is 6.61 Å². The summed E-state index contributed by atoms with van der Waals surface area (Å²) in [5.74, 6) is -0.153. The van der Waals surface area contributed by atoms with Crippen LogP contribution in [0.15, 0.2) is 0 Å². The van der Waals surface area contributed by atoms with Gasteiger partial charge in [0.2, 0.25) is 0 Å². The first-order valence-electron chi connectivity index (χ1n) is 8.50. The Labute approximate surface area is 130 Å². The van der Waals surface area contributed by atoms with Gasteiger partial charge in [-0.25, -0.2) is 0 Å². The van der Waals surface area contributed by atoms with E-state index >= 15 is 0 Å². The molecule has 0 spiro atoms. The molecule has 0 aromatic rings. The number of carbonyl (C=O) groups is 1. The number of hydrogen-bond acceptors (Lipinski definition) is 4. The molecule has 0 aromatic carbocycles. The highest BCUT2D eigenvalue weighted by Crippen LogP contribution is 2.36. The molecule has 0 radical (unpaired) electrons. The van der Waals surface area contributed by atoms with E-state index in [1.165, 1.54) is 12.8 Å². The molecule has 1 saturated carbocycles. The van der Waals surface area contributed by atoms with Crippen molar-refractivity contribution in [3.05, 3.63) is 0 Å². The van der Waals surface area contributed by atoms with Crippen molar-refractivity contribution >= 4 is 5.97 Å². The molecule has 1 rings (SSSR count). The maximum absolute atomic E-state index is 11.9. The second-order valence-corrected chi connectivity index (χ2v) is 6.78. The molecule has 0 amide bonds. The molecule has 0 heterocycles. The third kappa shape index (κ3) is 7.28. The Hall–Kier alpha value is -0.610. The predicted molar refractivity (Wildman–Crippen MR) is 85.3 cm³/mol. The van der Waals surface area contributed by atoms with E-state index in [2.05, 4.69) is 26.1 Å². The van der Waals surface area contributed by atoms with Crippen LogP contribution in [-0.2, 0) is 14.3 Å². The van der Waals surface area contributed by atoms with Crippen LogP contribution < -0.4 is 5.32 Å². The quantitative estimate of drug-likeness (QED) is 0.664. The third-order valence-corrected chi connectivity index (χ3v) is 4.26. The summed E-state index contributed by atoms with van der Waals surface area (Å²) in [4.78, 5) is 11.9. The van der Waals surface area contributed by atoms with Crippen molar-refractivity contribution in [3.63, 3.8) is 0 Å². The van der Waals surface area contributed by atoms with Crippen molar-refractivity contribution < 1.29 is 14.3 Å². The molecule has 21 heavy (non-hydrogen) atoms. The summed E-state index contributed by atoms with van der Waals surface area (Å²) in [7, 11) is 0. The van der Waals surface area contributed by atoms with Gasteiger partial charge in [0.1, 0.15) is 6.04 Å². The number of esters is 1. The average Bonchev–Trinajstić information content (AvgIpc) is 2.44. The Bertz CT molecular complexity index is 294. The minimum Gasteiger partial charge on any atom is -0.465 e. The fraction of sp³-hybridized carbons (Fsp3) is 0.941. The highest BCUT2D eigenvalue weighted by Gasteiger charge is 2.27. The van der Waals surface area contributed by atoms with E-state index < -0.39 is 0 Å². The predicted octanol–water partition coefficient (Wildman–Crippen LogP) is 3.29. The zero-order valence-electron chi connectivity index (χ0n) is 14.2. The lowest BCUT2D eigenvalue weighted by Crippen LogP contribution is -2.40. The minimum atomic E-state index is -0.232. The molecule has 1 aliphatic rings. The molecule has 1 atom stereocenters. The van der Waals surface area contributed by atoms with Crippen molar-refractivity contribution in [2.24, 2.45) is 5.41 Å².